The van der Waals surface area contributed by atoms with Gasteiger partial charge in [0, 0.05) is 0 Å². The third kappa shape index (κ3) is 0.835. The zero-order valence-corrected chi connectivity index (χ0v) is 5.73. The van der Waals surface area contributed by atoms with Gasteiger partial charge in [-0.2, -0.15) is 0 Å². The Morgan fingerprint density at radius 2 is 1.50 bits per heavy atom. The summed E-state index contributed by atoms with van der Waals surface area (Å²) in [5, 5.41) is 0. The predicted octanol–water partition coefficient (Wildman–Crippen LogP) is 2.53. The first-order valence-electron chi connectivity index (χ1n) is 3.07. The molecule has 44 valence electrons. The van der Waals surface area contributed by atoms with Gasteiger partial charge in [-0.1, -0.05) is 30.2 Å². The van der Waals surface area contributed by atoms with E-state index in [0.29, 0.717) is 5.92 Å². The second-order valence-electron chi connectivity index (χ2n) is 2.56. The second-order valence-corrected chi connectivity index (χ2v) is 2.56. The van der Waals surface area contributed by atoms with Gasteiger partial charge in [-0.3, -0.25) is 0 Å². The lowest BCUT2D eigenvalue weighted by molar-refractivity contribution is 0.952. The van der Waals surface area contributed by atoms with Crippen LogP contribution in [0.2, 0.25) is 0 Å². The fourth-order valence-electron chi connectivity index (χ4n) is 1.10. The molecule has 0 aromatic heterocycles. The van der Waals surface area contributed by atoms with Crippen molar-refractivity contribution in [3.63, 3.8) is 0 Å². The molecule has 0 aromatic rings. The molecule has 0 atom stereocenters. The molecule has 0 spiro atoms. The van der Waals surface area contributed by atoms with Crippen LogP contribution in [0.1, 0.15) is 20.8 Å². The highest BCUT2D eigenvalue weighted by Crippen LogP contribution is 2.21. The van der Waals surface area contributed by atoms with Crippen LogP contribution in [0.4, 0.5) is 0 Å². The molecule has 0 aliphatic heterocycles. The standard InChI is InChI=1S/C8H12/c1-6-4-7(2)8(3)5-6/h4-6H,1-3H3. The lowest BCUT2D eigenvalue weighted by Gasteiger charge is -1.87. The summed E-state index contributed by atoms with van der Waals surface area (Å²) in [5.74, 6) is 0.676. The molecule has 8 heavy (non-hydrogen) atoms. The normalized spacial score (nSPS) is 20.9. The van der Waals surface area contributed by atoms with E-state index < -0.39 is 0 Å². The van der Waals surface area contributed by atoms with Crippen LogP contribution < -0.4 is 0 Å². The molecule has 0 heterocycles. The average molecular weight is 108 g/mol. The smallest absolute Gasteiger partial charge is 0.00703 e. The van der Waals surface area contributed by atoms with Crippen molar-refractivity contribution in [3.05, 3.63) is 23.3 Å². The van der Waals surface area contributed by atoms with E-state index >= 15 is 0 Å². The predicted molar refractivity (Wildman–Crippen MR) is 36.7 cm³/mol. The molecule has 0 heteroatoms. The Bertz CT molecular complexity index is 131. The summed E-state index contributed by atoms with van der Waals surface area (Å²) < 4.78 is 0. The maximum absolute atomic E-state index is 2.29. The molecule has 1 aliphatic carbocycles. The quantitative estimate of drug-likeness (QED) is 0.447. The fraction of sp³-hybridized carbons (Fsp3) is 0.500. The first kappa shape index (κ1) is 5.61. The maximum atomic E-state index is 2.29. The number of hydrogen-bond donors (Lipinski definition) is 0. The van der Waals surface area contributed by atoms with Crippen LogP contribution in [0, 0.1) is 5.92 Å². The highest BCUT2D eigenvalue weighted by Gasteiger charge is 2.04. The molecule has 0 aromatic carbocycles. The first-order valence-corrected chi connectivity index (χ1v) is 3.07. The van der Waals surface area contributed by atoms with Crippen LogP contribution in [0.25, 0.3) is 0 Å². The number of hydrogen-bond acceptors (Lipinski definition) is 0. The Kier molecular flexibility index (Phi) is 1.24. The Balaban J connectivity index is 2.82. The molecule has 0 saturated heterocycles. The third-order valence-electron chi connectivity index (χ3n) is 1.65. The Labute approximate surface area is 50.9 Å². The fourth-order valence-corrected chi connectivity index (χ4v) is 1.10. The van der Waals surface area contributed by atoms with E-state index in [4.69, 9.17) is 0 Å². The minimum atomic E-state index is 0.676. The van der Waals surface area contributed by atoms with Crippen molar-refractivity contribution in [1.82, 2.24) is 0 Å². The zero-order valence-electron chi connectivity index (χ0n) is 5.73. The van der Waals surface area contributed by atoms with Crippen LogP contribution >= 0.6 is 0 Å². The van der Waals surface area contributed by atoms with Gasteiger partial charge in [0.15, 0.2) is 0 Å². The van der Waals surface area contributed by atoms with Crippen molar-refractivity contribution in [2.24, 2.45) is 5.92 Å². The van der Waals surface area contributed by atoms with Crippen molar-refractivity contribution in [2.75, 3.05) is 0 Å². The topological polar surface area (TPSA) is 0 Å². The van der Waals surface area contributed by atoms with Crippen molar-refractivity contribution < 1.29 is 0 Å². The summed E-state index contributed by atoms with van der Waals surface area (Å²) in [7, 11) is 0. The summed E-state index contributed by atoms with van der Waals surface area (Å²) >= 11 is 0. The summed E-state index contributed by atoms with van der Waals surface area (Å²) in [6, 6.07) is 0. The monoisotopic (exact) mass is 108 g/mol. The molecule has 0 unspecified atom stereocenters. The van der Waals surface area contributed by atoms with Crippen LogP contribution in [-0.4, -0.2) is 0 Å². The van der Waals surface area contributed by atoms with Gasteiger partial charge in [-0.25, -0.2) is 0 Å². The van der Waals surface area contributed by atoms with Gasteiger partial charge in [-0.15, -0.1) is 0 Å². The van der Waals surface area contributed by atoms with Gasteiger partial charge < -0.3 is 0 Å². The summed E-state index contributed by atoms with van der Waals surface area (Å²) in [4.78, 5) is 0. The van der Waals surface area contributed by atoms with E-state index in [0.717, 1.165) is 0 Å². The molecule has 0 amide bonds. The van der Waals surface area contributed by atoms with Crippen LogP contribution in [0.15, 0.2) is 23.3 Å². The largest absolute Gasteiger partial charge is 0.0747 e. The highest BCUT2D eigenvalue weighted by molar-refractivity contribution is 5.35. The van der Waals surface area contributed by atoms with E-state index in [9.17, 15) is 0 Å². The molecule has 0 nitrogen and oxygen atoms in total. The molecule has 0 bridgehead atoms. The Hall–Kier alpha value is -0.520. The zero-order chi connectivity index (χ0) is 6.15. The van der Waals surface area contributed by atoms with Crippen molar-refractivity contribution in [3.8, 4) is 0 Å². The molecular formula is C8H12. The van der Waals surface area contributed by atoms with Gasteiger partial charge in [0.2, 0.25) is 0 Å². The molecule has 0 N–H and O–H groups in total. The summed E-state index contributed by atoms with van der Waals surface area (Å²) in [6.45, 7) is 6.53. The summed E-state index contributed by atoms with van der Waals surface area (Å²) in [5.41, 5.74) is 2.88. The van der Waals surface area contributed by atoms with E-state index in [1.54, 1.807) is 0 Å². The Morgan fingerprint density at radius 1 is 1.12 bits per heavy atom. The van der Waals surface area contributed by atoms with E-state index in [2.05, 4.69) is 32.9 Å². The van der Waals surface area contributed by atoms with E-state index in [-0.39, 0.29) is 0 Å². The molecule has 0 saturated carbocycles. The lowest BCUT2D eigenvalue weighted by Crippen LogP contribution is -1.73. The van der Waals surface area contributed by atoms with Crippen molar-refractivity contribution in [1.29, 1.82) is 0 Å². The summed E-state index contributed by atoms with van der Waals surface area (Å²) in [6.07, 6.45) is 4.57. The van der Waals surface area contributed by atoms with Crippen molar-refractivity contribution in [2.45, 2.75) is 20.8 Å². The van der Waals surface area contributed by atoms with Crippen molar-refractivity contribution >= 4 is 0 Å². The van der Waals surface area contributed by atoms with Gasteiger partial charge in [0.05, 0.1) is 0 Å². The third-order valence-corrected chi connectivity index (χ3v) is 1.65. The number of rotatable bonds is 0. The van der Waals surface area contributed by atoms with Gasteiger partial charge in [0.25, 0.3) is 0 Å². The van der Waals surface area contributed by atoms with Gasteiger partial charge in [-0.05, 0) is 19.8 Å². The maximum Gasteiger partial charge on any atom is -0.00703 e. The molecule has 1 rings (SSSR count). The molecule has 0 fully saturated rings. The van der Waals surface area contributed by atoms with Crippen LogP contribution in [-0.2, 0) is 0 Å². The minimum absolute atomic E-state index is 0.676. The SMILES string of the molecule is CC1=CC(C)C=C1C. The van der Waals surface area contributed by atoms with Gasteiger partial charge in [0.1, 0.15) is 0 Å². The average Bonchev–Trinajstić information content (AvgIpc) is 1.85. The molecular weight excluding hydrogens is 96.1 g/mol. The van der Waals surface area contributed by atoms with E-state index in [1.165, 1.54) is 11.1 Å². The first-order chi connectivity index (χ1) is 3.70. The second kappa shape index (κ2) is 1.77. The van der Waals surface area contributed by atoms with Crippen LogP contribution in [0.5, 0.6) is 0 Å². The molecule has 1 aliphatic rings. The number of allylic oxidation sites excluding steroid dienone is 4. The Morgan fingerprint density at radius 3 is 1.62 bits per heavy atom. The molecule has 0 radical (unpaired) electrons. The van der Waals surface area contributed by atoms with Gasteiger partial charge >= 0.3 is 0 Å². The van der Waals surface area contributed by atoms with Crippen LogP contribution in [0.3, 0.4) is 0 Å². The highest BCUT2D eigenvalue weighted by atomic mass is 14.1. The minimum Gasteiger partial charge on any atom is -0.0747 e. The lowest BCUT2D eigenvalue weighted by atomic mass is 10.2. The van der Waals surface area contributed by atoms with E-state index in [1.807, 2.05) is 0 Å².